The normalized spacial score (nSPS) is 23.9. The van der Waals surface area contributed by atoms with E-state index in [1.54, 1.807) is 11.3 Å². The zero-order valence-corrected chi connectivity index (χ0v) is 11.1. The second kappa shape index (κ2) is 5.65. The quantitative estimate of drug-likeness (QED) is 0.861. The van der Waals surface area contributed by atoms with Crippen molar-refractivity contribution in [1.29, 1.82) is 0 Å². The predicted molar refractivity (Wildman–Crippen MR) is 70.9 cm³/mol. The molecule has 1 aliphatic carbocycles. The van der Waals surface area contributed by atoms with Crippen molar-refractivity contribution in [1.82, 2.24) is 5.32 Å². The van der Waals surface area contributed by atoms with Gasteiger partial charge in [0.2, 0.25) is 5.91 Å². The largest absolute Gasteiger partial charge is 0.351 e. The van der Waals surface area contributed by atoms with Crippen LogP contribution in [0.25, 0.3) is 0 Å². The van der Waals surface area contributed by atoms with Gasteiger partial charge in [-0.25, -0.2) is 0 Å². The molecule has 0 aliphatic heterocycles. The maximum Gasteiger partial charge on any atom is 0.223 e. The fourth-order valence-corrected chi connectivity index (χ4v) is 3.18. The van der Waals surface area contributed by atoms with Crippen LogP contribution in [0.2, 0.25) is 0 Å². The summed E-state index contributed by atoms with van der Waals surface area (Å²) in [6.45, 7) is 2.81. The molecule has 1 aromatic heterocycles. The molecule has 1 aliphatic rings. The van der Waals surface area contributed by atoms with Crippen molar-refractivity contribution in [3.8, 4) is 0 Å². The van der Waals surface area contributed by atoms with Crippen LogP contribution in [0.15, 0.2) is 12.1 Å². The fraction of sp³-hybridized carbons (Fsp3) is 0.615. The molecule has 4 heteroatoms. The smallest absolute Gasteiger partial charge is 0.223 e. The van der Waals surface area contributed by atoms with E-state index in [0.29, 0.717) is 6.54 Å². The molecule has 0 saturated heterocycles. The molecule has 1 heterocycles. The Morgan fingerprint density at radius 3 is 2.82 bits per heavy atom. The predicted octanol–water partition coefficient (Wildman–Crippen LogP) is 2.05. The highest BCUT2D eigenvalue weighted by Crippen LogP contribution is 2.24. The summed E-state index contributed by atoms with van der Waals surface area (Å²) in [5.41, 5.74) is 5.81. The Balaban J connectivity index is 1.79. The lowest BCUT2D eigenvalue weighted by Crippen LogP contribution is -2.29. The number of nitrogens with two attached hydrogens (primary N) is 1. The number of carbonyl (C=O) groups excluding carboxylic acids is 1. The zero-order valence-electron chi connectivity index (χ0n) is 10.2. The maximum atomic E-state index is 11.9. The molecule has 3 nitrogen and oxygen atoms in total. The van der Waals surface area contributed by atoms with Gasteiger partial charge in [-0.15, -0.1) is 11.3 Å². The number of amides is 1. The van der Waals surface area contributed by atoms with Crippen LogP contribution in [-0.4, -0.2) is 11.9 Å². The first-order chi connectivity index (χ1) is 8.19. The monoisotopic (exact) mass is 252 g/mol. The second-order valence-corrected chi connectivity index (χ2v) is 5.96. The second-order valence-electron chi connectivity index (χ2n) is 4.71. The summed E-state index contributed by atoms with van der Waals surface area (Å²) in [6, 6.07) is 4.46. The number of nitrogens with one attached hydrogen (secondary N) is 1. The summed E-state index contributed by atoms with van der Waals surface area (Å²) in [6.07, 6.45) is 3.83. The fourth-order valence-electron chi connectivity index (χ4n) is 2.28. The van der Waals surface area contributed by atoms with Crippen molar-refractivity contribution in [2.45, 2.75) is 45.2 Å². The SMILES string of the molecule is CCc1ccc(CNC(=O)C2CCC(N)C2)s1. The summed E-state index contributed by atoms with van der Waals surface area (Å²) >= 11 is 1.78. The minimum Gasteiger partial charge on any atom is -0.351 e. The first-order valence-corrected chi connectivity index (χ1v) is 7.11. The van der Waals surface area contributed by atoms with E-state index in [9.17, 15) is 4.79 Å². The summed E-state index contributed by atoms with van der Waals surface area (Å²) in [5.74, 6) is 0.306. The molecule has 2 unspecified atom stereocenters. The molecular weight excluding hydrogens is 232 g/mol. The molecule has 1 saturated carbocycles. The van der Waals surface area contributed by atoms with E-state index in [-0.39, 0.29) is 17.9 Å². The van der Waals surface area contributed by atoms with E-state index in [1.807, 2.05) is 0 Å². The Morgan fingerprint density at radius 1 is 1.47 bits per heavy atom. The number of thiophene rings is 1. The third-order valence-corrected chi connectivity index (χ3v) is 4.58. The van der Waals surface area contributed by atoms with Crippen LogP contribution in [-0.2, 0) is 17.8 Å². The number of hydrogen-bond donors (Lipinski definition) is 2. The van der Waals surface area contributed by atoms with Gasteiger partial charge in [-0.3, -0.25) is 4.79 Å². The van der Waals surface area contributed by atoms with Crippen molar-refractivity contribution in [2.75, 3.05) is 0 Å². The van der Waals surface area contributed by atoms with Crippen LogP contribution in [0.3, 0.4) is 0 Å². The van der Waals surface area contributed by atoms with Gasteiger partial charge in [0.1, 0.15) is 0 Å². The third kappa shape index (κ3) is 3.30. The molecule has 1 amide bonds. The van der Waals surface area contributed by atoms with Gasteiger partial charge in [0.05, 0.1) is 6.54 Å². The summed E-state index contributed by atoms with van der Waals surface area (Å²) in [5, 5.41) is 3.01. The van der Waals surface area contributed by atoms with Crippen LogP contribution in [0.1, 0.15) is 35.9 Å². The lowest BCUT2D eigenvalue weighted by Gasteiger charge is -2.09. The summed E-state index contributed by atoms with van der Waals surface area (Å²) in [7, 11) is 0. The molecule has 17 heavy (non-hydrogen) atoms. The van der Waals surface area contributed by atoms with Crippen molar-refractivity contribution >= 4 is 17.2 Å². The molecule has 0 bridgehead atoms. The highest BCUT2D eigenvalue weighted by molar-refractivity contribution is 7.11. The highest BCUT2D eigenvalue weighted by Gasteiger charge is 2.27. The number of carbonyl (C=O) groups is 1. The molecule has 1 fully saturated rings. The van der Waals surface area contributed by atoms with Gasteiger partial charge in [-0.05, 0) is 37.8 Å². The molecule has 94 valence electrons. The minimum absolute atomic E-state index is 0.135. The lowest BCUT2D eigenvalue weighted by molar-refractivity contribution is -0.124. The third-order valence-electron chi connectivity index (χ3n) is 3.35. The van der Waals surface area contributed by atoms with Crippen LogP contribution in [0.5, 0.6) is 0 Å². The number of hydrogen-bond acceptors (Lipinski definition) is 3. The van der Waals surface area contributed by atoms with E-state index in [0.717, 1.165) is 25.7 Å². The van der Waals surface area contributed by atoms with Crippen molar-refractivity contribution in [2.24, 2.45) is 11.7 Å². The maximum absolute atomic E-state index is 11.9. The van der Waals surface area contributed by atoms with Crippen LogP contribution >= 0.6 is 11.3 Å². The Hall–Kier alpha value is -0.870. The van der Waals surface area contributed by atoms with Gasteiger partial charge in [-0.2, -0.15) is 0 Å². The molecule has 1 aromatic rings. The van der Waals surface area contributed by atoms with E-state index in [4.69, 9.17) is 5.73 Å². The van der Waals surface area contributed by atoms with Crippen LogP contribution in [0, 0.1) is 5.92 Å². The molecule has 0 aromatic carbocycles. The first-order valence-electron chi connectivity index (χ1n) is 6.30. The van der Waals surface area contributed by atoms with Gasteiger partial charge in [-0.1, -0.05) is 6.92 Å². The van der Waals surface area contributed by atoms with E-state index in [2.05, 4.69) is 24.4 Å². The number of aryl methyl sites for hydroxylation is 1. The Labute approximate surface area is 106 Å². The van der Waals surface area contributed by atoms with E-state index < -0.39 is 0 Å². The van der Waals surface area contributed by atoms with Crippen LogP contribution < -0.4 is 11.1 Å². The highest BCUT2D eigenvalue weighted by atomic mass is 32.1. The Morgan fingerprint density at radius 2 is 2.24 bits per heavy atom. The van der Waals surface area contributed by atoms with Gasteiger partial charge in [0.25, 0.3) is 0 Å². The topological polar surface area (TPSA) is 55.1 Å². The molecule has 3 N–H and O–H groups in total. The van der Waals surface area contributed by atoms with Gasteiger partial charge in [0, 0.05) is 21.7 Å². The molecular formula is C13H20N2OS. The summed E-state index contributed by atoms with van der Waals surface area (Å²) < 4.78 is 0. The standard InChI is InChI=1S/C13H20N2OS/c1-2-11-5-6-12(17-11)8-15-13(16)9-3-4-10(14)7-9/h5-6,9-10H,2-4,7-8,14H2,1H3,(H,15,16). The van der Waals surface area contributed by atoms with E-state index in [1.165, 1.54) is 9.75 Å². The van der Waals surface area contributed by atoms with Gasteiger partial charge in [0.15, 0.2) is 0 Å². The average Bonchev–Trinajstić information content (AvgIpc) is 2.94. The molecule has 0 radical (unpaired) electrons. The molecule has 2 atom stereocenters. The molecule has 2 rings (SSSR count). The minimum atomic E-state index is 0.135. The molecule has 0 spiro atoms. The average molecular weight is 252 g/mol. The van der Waals surface area contributed by atoms with Crippen molar-refractivity contribution in [3.63, 3.8) is 0 Å². The number of rotatable bonds is 4. The van der Waals surface area contributed by atoms with Gasteiger partial charge >= 0.3 is 0 Å². The first kappa shape index (κ1) is 12.6. The van der Waals surface area contributed by atoms with Gasteiger partial charge < -0.3 is 11.1 Å². The van der Waals surface area contributed by atoms with E-state index >= 15 is 0 Å². The Kier molecular flexibility index (Phi) is 4.18. The van der Waals surface area contributed by atoms with Crippen molar-refractivity contribution < 1.29 is 4.79 Å². The lowest BCUT2D eigenvalue weighted by atomic mass is 10.1. The van der Waals surface area contributed by atoms with Crippen molar-refractivity contribution in [3.05, 3.63) is 21.9 Å². The zero-order chi connectivity index (χ0) is 12.3. The van der Waals surface area contributed by atoms with Crippen LogP contribution in [0.4, 0.5) is 0 Å². The summed E-state index contributed by atoms with van der Waals surface area (Å²) in [4.78, 5) is 14.5. The Bertz CT molecular complexity index is 389.